The number of hydrogen-bond donors (Lipinski definition) is 0. The van der Waals surface area contributed by atoms with E-state index in [0.29, 0.717) is 5.92 Å². The molecule has 0 N–H and O–H groups in total. The predicted molar refractivity (Wildman–Crippen MR) is 73.1 cm³/mol. The van der Waals surface area contributed by atoms with Crippen LogP contribution >= 0.6 is 0 Å². The number of ether oxygens (including phenoxy) is 1. The molecule has 2 rings (SSSR count). The maximum atomic E-state index is 6.02. The monoisotopic (exact) mass is 228 g/mol. The first kappa shape index (κ1) is 12.0. The smallest absolute Gasteiger partial charge is 0.127 e. The van der Waals surface area contributed by atoms with Crippen molar-refractivity contribution in [3.63, 3.8) is 0 Å². The van der Waals surface area contributed by atoms with Crippen molar-refractivity contribution in [2.75, 3.05) is 0 Å². The maximum Gasteiger partial charge on any atom is 0.127 e. The van der Waals surface area contributed by atoms with E-state index in [1.165, 1.54) is 18.4 Å². The highest BCUT2D eigenvalue weighted by atomic mass is 16.5. The van der Waals surface area contributed by atoms with Crippen molar-refractivity contribution in [1.29, 1.82) is 0 Å². The van der Waals surface area contributed by atoms with Crippen LogP contribution in [-0.2, 0) is 0 Å². The van der Waals surface area contributed by atoms with Crippen molar-refractivity contribution in [3.8, 4) is 5.75 Å². The topological polar surface area (TPSA) is 9.23 Å². The molecule has 1 aliphatic heterocycles. The summed E-state index contributed by atoms with van der Waals surface area (Å²) in [4.78, 5) is 0. The van der Waals surface area contributed by atoms with Crippen LogP contribution in [0.2, 0.25) is 0 Å². The van der Waals surface area contributed by atoms with Gasteiger partial charge in [0, 0.05) is 11.5 Å². The minimum Gasteiger partial charge on any atom is -0.485 e. The van der Waals surface area contributed by atoms with Gasteiger partial charge in [-0.1, -0.05) is 50.1 Å². The van der Waals surface area contributed by atoms with Gasteiger partial charge in [0.1, 0.15) is 11.9 Å². The zero-order valence-corrected chi connectivity index (χ0v) is 10.4. The largest absolute Gasteiger partial charge is 0.485 e. The Kier molecular flexibility index (Phi) is 4.03. The normalized spacial score (nSPS) is 19.2. The number of hydrogen-bond acceptors (Lipinski definition) is 1. The van der Waals surface area contributed by atoms with E-state index in [4.69, 9.17) is 4.74 Å². The van der Waals surface area contributed by atoms with Crippen molar-refractivity contribution >= 4 is 6.08 Å². The summed E-state index contributed by atoms with van der Waals surface area (Å²) in [6, 6.07) is 8.17. The fraction of sp³-hybridized carbons (Fsp3) is 0.375. The van der Waals surface area contributed by atoms with Crippen molar-refractivity contribution in [1.82, 2.24) is 0 Å². The Bertz CT molecular complexity index is 406. The van der Waals surface area contributed by atoms with Crippen molar-refractivity contribution < 1.29 is 4.74 Å². The molecule has 0 saturated heterocycles. The van der Waals surface area contributed by atoms with Gasteiger partial charge in [0.05, 0.1) is 0 Å². The molecule has 1 aromatic carbocycles. The summed E-state index contributed by atoms with van der Waals surface area (Å²) in [6.07, 6.45) is 10.1. The first-order valence-corrected chi connectivity index (χ1v) is 6.41. The minimum atomic E-state index is 0.147. The highest BCUT2D eigenvalue weighted by molar-refractivity contribution is 5.59. The van der Waals surface area contributed by atoms with E-state index in [1.807, 2.05) is 24.3 Å². The molecule has 17 heavy (non-hydrogen) atoms. The molecule has 0 fully saturated rings. The van der Waals surface area contributed by atoms with Gasteiger partial charge >= 0.3 is 0 Å². The Hall–Kier alpha value is -1.50. The van der Waals surface area contributed by atoms with Crippen molar-refractivity contribution in [2.45, 2.75) is 32.3 Å². The van der Waals surface area contributed by atoms with E-state index in [0.717, 1.165) is 12.2 Å². The zero-order valence-electron chi connectivity index (χ0n) is 10.4. The molecule has 0 amide bonds. The molecule has 0 aliphatic carbocycles. The van der Waals surface area contributed by atoms with Crippen LogP contribution in [0.4, 0.5) is 0 Å². The molecule has 1 heteroatoms. The number of rotatable bonds is 5. The molecule has 0 bridgehead atoms. The number of unbranched alkanes of at least 4 members (excludes halogenated alkanes) is 1. The Morgan fingerprint density at radius 3 is 3.00 bits per heavy atom. The van der Waals surface area contributed by atoms with Gasteiger partial charge in [-0.2, -0.15) is 0 Å². The molecule has 0 spiro atoms. The van der Waals surface area contributed by atoms with Crippen LogP contribution in [0, 0.1) is 5.92 Å². The summed E-state index contributed by atoms with van der Waals surface area (Å²) in [5.74, 6) is 1.41. The third-order valence-electron chi connectivity index (χ3n) is 3.26. The highest BCUT2D eigenvalue weighted by Crippen LogP contribution is 2.29. The van der Waals surface area contributed by atoms with Crippen LogP contribution in [0.5, 0.6) is 5.75 Å². The van der Waals surface area contributed by atoms with Gasteiger partial charge in [0.25, 0.3) is 0 Å². The summed E-state index contributed by atoms with van der Waals surface area (Å²) in [6.45, 7) is 6.15. The van der Waals surface area contributed by atoms with Crippen LogP contribution in [-0.4, -0.2) is 6.10 Å². The lowest BCUT2D eigenvalue weighted by molar-refractivity contribution is 0.192. The van der Waals surface area contributed by atoms with Gasteiger partial charge in [-0.25, -0.2) is 0 Å². The summed E-state index contributed by atoms with van der Waals surface area (Å²) in [5.41, 5.74) is 1.17. The van der Waals surface area contributed by atoms with Gasteiger partial charge in [0.2, 0.25) is 0 Å². The second-order valence-corrected chi connectivity index (χ2v) is 4.52. The zero-order chi connectivity index (χ0) is 12.1. The van der Waals surface area contributed by atoms with Gasteiger partial charge < -0.3 is 4.74 Å². The highest BCUT2D eigenvalue weighted by Gasteiger charge is 2.21. The third kappa shape index (κ3) is 2.79. The molecule has 0 saturated carbocycles. The molecule has 0 aromatic heterocycles. The fourth-order valence-corrected chi connectivity index (χ4v) is 2.20. The van der Waals surface area contributed by atoms with Crippen LogP contribution in [0.15, 0.2) is 43.0 Å². The third-order valence-corrected chi connectivity index (χ3v) is 3.26. The van der Waals surface area contributed by atoms with E-state index in [9.17, 15) is 0 Å². The first-order valence-electron chi connectivity index (χ1n) is 6.41. The van der Waals surface area contributed by atoms with Crippen molar-refractivity contribution in [3.05, 3.63) is 48.6 Å². The molecule has 90 valence electrons. The molecule has 1 aliphatic rings. The lowest BCUT2D eigenvalue weighted by atomic mass is 9.94. The maximum absolute atomic E-state index is 6.02. The van der Waals surface area contributed by atoms with E-state index in [-0.39, 0.29) is 6.10 Å². The number of benzene rings is 1. The summed E-state index contributed by atoms with van der Waals surface area (Å²) < 4.78 is 6.02. The average molecular weight is 228 g/mol. The summed E-state index contributed by atoms with van der Waals surface area (Å²) >= 11 is 0. The van der Waals surface area contributed by atoms with E-state index < -0.39 is 0 Å². The molecule has 0 radical (unpaired) electrons. The van der Waals surface area contributed by atoms with E-state index in [2.05, 4.69) is 31.7 Å². The van der Waals surface area contributed by atoms with E-state index >= 15 is 0 Å². The Morgan fingerprint density at radius 2 is 2.24 bits per heavy atom. The Labute approximate surface area is 104 Å². The standard InChI is InChI=1S/C16H20O/c1-3-5-8-13(4-2)16-12-11-14-9-6-7-10-15(14)17-16/h4,6-7,9-13,16H,2-3,5,8H2,1H3/t13-,16+/m1/s1. The van der Waals surface area contributed by atoms with Crippen LogP contribution < -0.4 is 4.74 Å². The quantitative estimate of drug-likeness (QED) is 0.676. The fourth-order valence-electron chi connectivity index (χ4n) is 2.20. The molecule has 0 unspecified atom stereocenters. The van der Waals surface area contributed by atoms with Crippen LogP contribution in [0.1, 0.15) is 31.7 Å². The summed E-state index contributed by atoms with van der Waals surface area (Å²) in [7, 11) is 0. The second kappa shape index (κ2) is 5.72. The molecular weight excluding hydrogens is 208 g/mol. The van der Waals surface area contributed by atoms with Crippen LogP contribution in [0.3, 0.4) is 0 Å². The van der Waals surface area contributed by atoms with Gasteiger partial charge in [-0.3, -0.25) is 0 Å². The average Bonchev–Trinajstić information content (AvgIpc) is 2.39. The molecule has 2 atom stereocenters. The number of fused-ring (bicyclic) bond motifs is 1. The number of para-hydroxylation sites is 1. The van der Waals surface area contributed by atoms with Gasteiger partial charge in [-0.15, -0.1) is 6.58 Å². The Morgan fingerprint density at radius 1 is 1.41 bits per heavy atom. The summed E-state index contributed by atoms with van der Waals surface area (Å²) in [5, 5.41) is 0. The Balaban J connectivity index is 2.08. The SMILES string of the molecule is C=C[C@H](CCCC)[C@@H]1C=Cc2ccccc2O1. The van der Waals surface area contributed by atoms with Crippen LogP contribution in [0.25, 0.3) is 6.08 Å². The molecule has 1 nitrogen and oxygen atoms in total. The minimum absolute atomic E-state index is 0.147. The van der Waals surface area contributed by atoms with Crippen molar-refractivity contribution in [2.24, 2.45) is 5.92 Å². The second-order valence-electron chi connectivity index (χ2n) is 4.52. The van der Waals surface area contributed by atoms with Gasteiger partial charge in [0.15, 0.2) is 0 Å². The molecular formula is C16H20O. The van der Waals surface area contributed by atoms with E-state index in [1.54, 1.807) is 0 Å². The lowest BCUT2D eigenvalue weighted by Gasteiger charge is -2.26. The lowest BCUT2D eigenvalue weighted by Crippen LogP contribution is -2.25. The molecule has 1 heterocycles. The molecule has 1 aromatic rings. The van der Waals surface area contributed by atoms with Gasteiger partial charge in [-0.05, 0) is 18.6 Å². The first-order chi connectivity index (χ1) is 8.35. The predicted octanol–water partition coefficient (Wildman–Crippen LogP) is 4.45.